The van der Waals surface area contributed by atoms with Crippen molar-refractivity contribution in [3.63, 3.8) is 0 Å². The summed E-state index contributed by atoms with van der Waals surface area (Å²) in [6.45, 7) is 2.65. The molecule has 1 heterocycles. The van der Waals surface area contributed by atoms with Crippen LogP contribution in [0.5, 0.6) is 0 Å². The first-order chi connectivity index (χ1) is 8.22. The molecular formula is C10H15F5N2O. The van der Waals surface area contributed by atoms with Gasteiger partial charge in [0, 0.05) is 13.1 Å². The Morgan fingerprint density at radius 1 is 1.33 bits per heavy atom. The van der Waals surface area contributed by atoms with E-state index >= 15 is 0 Å². The minimum absolute atomic E-state index is 0.125. The number of likely N-dealkylation sites (tertiary alicyclic amines) is 1. The van der Waals surface area contributed by atoms with Gasteiger partial charge in [0.05, 0.1) is 0 Å². The second kappa shape index (κ2) is 5.38. The van der Waals surface area contributed by atoms with Crippen molar-refractivity contribution in [3.8, 4) is 0 Å². The predicted molar refractivity (Wildman–Crippen MR) is 54.3 cm³/mol. The number of piperidine rings is 1. The topological polar surface area (TPSA) is 32.3 Å². The first-order valence-electron chi connectivity index (χ1n) is 5.61. The van der Waals surface area contributed by atoms with Crippen LogP contribution in [0.1, 0.15) is 19.8 Å². The molecule has 0 aromatic rings. The SMILES string of the molecule is CCN1CCC(NC(=O)C(F)F)(C(F)(F)F)CC1. The molecule has 1 aliphatic heterocycles. The lowest BCUT2D eigenvalue weighted by molar-refractivity contribution is -0.211. The molecule has 1 aliphatic rings. The van der Waals surface area contributed by atoms with E-state index in [1.807, 2.05) is 0 Å². The van der Waals surface area contributed by atoms with Crippen LogP contribution in [0.4, 0.5) is 22.0 Å². The molecule has 1 N–H and O–H groups in total. The number of carbonyl (C=O) groups excluding carboxylic acids is 1. The Kier molecular flexibility index (Phi) is 4.52. The molecule has 0 unspecified atom stereocenters. The zero-order chi connectivity index (χ0) is 14.0. The van der Waals surface area contributed by atoms with Crippen molar-refractivity contribution in [2.45, 2.75) is 37.9 Å². The van der Waals surface area contributed by atoms with Crippen molar-refractivity contribution in [2.24, 2.45) is 0 Å². The fraction of sp³-hybridized carbons (Fsp3) is 0.900. The minimum Gasteiger partial charge on any atom is -0.337 e. The fourth-order valence-electron chi connectivity index (χ4n) is 2.02. The van der Waals surface area contributed by atoms with Crippen molar-refractivity contribution in [2.75, 3.05) is 19.6 Å². The third kappa shape index (κ3) is 3.09. The molecule has 0 radical (unpaired) electrons. The van der Waals surface area contributed by atoms with Gasteiger partial charge in [-0.15, -0.1) is 0 Å². The smallest absolute Gasteiger partial charge is 0.337 e. The van der Waals surface area contributed by atoms with Crippen molar-refractivity contribution < 1.29 is 26.7 Å². The second-order valence-corrected chi connectivity index (χ2v) is 4.30. The third-order valence-electron chi connectivity index (χ3n) is 3.26. The van der Waals surface area contributed by atoms with Crippen LogP contribution in [0.2, 0.25) is 0 Å². The molecule has 0 saturated carbocycles. The Morgan fingerprint density at radius 2 is 1.83 bits per heavy atom. The van der Waals surface area contributed by atoms with Gasteiger partial charge in [-0.3, -0.25) is 4.79 Å². The highest BCUT2D eigenvalue weighted by molar-refractivity contribution is 5.80. The van der Waals surface area contributed by atoms with Crippen molar-refractivity contribution in [3.05, 3.63) is 0 Å². The van der Waals surface area contributed by atoms with E-state index in [9.17, 15) is 26.7 Å². The fourth-order valence-corrected chi connectivity index (χ4v) is 2.02. The lowest BCUT2D eigenvalue weighted by Crippen LogP contribution is -2.64. The van der Waals surface area contributed by atoms with Crippen LogP contribution in [-0.2, 0) is 4.79 Å². The molecule has 3 nitrogen and oxygen atoms in total. The van der Waals surface area contributed by atoms with Gasteiger partial charge in [-0.05, 0) is 19.4 Å². The van der Waals surface area contributed by atoms with E-state index in [-0.39, 0.29) is 13.1 Å². The first kappa shape index (κ1) is 15.1. The number of carbonyl (C=O) groups is 1. The summed E-state index contributed by atoms with van der Waals surface area (Å²) in [4.78, 5) is 12.6. The lowest BCUT2D eigenvalue weighted by atomic mass is 9.86. The summed E-state index contributed by atoms with van der Waals surface area (Å²) in [5.74, 6) is -1.86. The molecule has 1 fully saturated rings. The van der Waals surface area contributed by atoms with Gasteiger partial charge in [-0.25, -0.2) is 0 Å². The van der Waals surface area contributed by atoms with Crippen LogP contribution in [0.25, 0.3) is 0 Å². The average Bonchev–Trinajstić information content (AvgIpc) is 2.28. The maximum atomic E-state index is 13.0. The number of alkyl halides is 5. The molecular weight excluding hydrogens is 259 g/mol. The van der Waals surface area contributed by atoms with Gasteiger partial charge in [0.15, 0.2) is 0 Å². The molecule has 8 heteroatoms. The van der Waals surface area contributed by atoms with Gasteiger partial charge in [-0.2, -0.15) is 22.0 Å². The first-order valence-corrected chi connectivity index (χ1v) is 5.61. The standard InChI is InChI=1S/C10H15F5N2O/c1-2-17-5-3-9(4-6-17,10(13,14)15)16-8(18)7(11)12/h7H,2-6H2,1H3,(H,16,18). The highest BCUT2D eigenvalue weighted by Crippen LogP contribution is 2.38. The quantitative estimate of drug-likeness (QED) is 0.796. The van der Waals surface area contributed by atoms with Gasteiger partial charge in [-0.1, -0.05) is 6.92 Å². The maximum absolute atomic E-state index is 13.0. The molecule has 1 amide bonds. The summed E-state index contributed by atoms with van der Waals surface area (Å²) in [5, 5.41) is 1.48. The Bertz CT molecular complexity index is 297. The highest BCUT2D eigenvalue weighted by Gasteiger charge is 2.57. The summed E-state index contributed by atoms with van der Waals surface area (Å²) < 4.78 is 63.1. The average molecular weight is 274 g/mol. The number of hydrogen-bond donors (Lipinski definition) is 1. The Labute approximate surface area is 101 Å². The van der Waals surface area contributed by atoms with Crippen LogP contribution in [-0.4, -0.2) is 48.6 Å². The Hall–Kier alpha value is -0.920. The van der Waals surface area contributed by atoms with E-state index in [1.54, 1.807) is 11.8 Å². The number of nitrogens with zero attached hydrogens (tertiary/aromatic N) is 1. The normalized spacial score (nSPS) is 21.1. The summed E-state index contributed by atoms with van der Waals surface area (Å²) in [7, 11) is 0. The van der Waals surface area contributed by atoms with E-state index in [4.69, 9.17) is 0 Å². The number of rotatable bonds is 3. The molecule has 0 aromatic carbocycles. The summed E-state index contributed by atoms with van der Waals surface area (Å²) in [6, 6.07) is 0. The van der Waals surface area contributed by atoms with Crippen LogP contribution in [0.3, 0.4) is 0 Å². The van der Waals surface area contributed by atoms with E-state index in [2.05, 4.69) is 0 Å². The maximum Gasteiger partial charge on any atom is 0.411 e. The molecule has 106 valence electrons. The van der Waals surface area contributed by atoms with E-state index in [0.717, 1.165) is 0 Å². The molecule has 0 aliphatic carbocycles. The zero-order valence-electron chi connectivity index (χ0n) is 9.86. The molecule has 0 spiro atoms. The number of nitrogens with one attached hydrogen (secondary N) is 1. The highest BCUT2D eigenvalue weighted by atomic mass is 19.4. The van der Waals surface area contributed by atoms with Gasteiger partial charge < -0.3 is 10.2 Å². The largest absolute Gasteiger partial charge is 0.411 e. The van der Waals surface area contributed by atoms with Gasteiger partial charge in [0.2, 0.25) is 0 Å². The Morgan fingerprint density at radius 3 is 2.17 bits per heavy atom. The van der Waals surface area contributed by atoms with Crippen molar-refractivity contribution in [1.82, 2.24) is 10.2 Å². The monoisotopic (exact) mass is 274 g/mol. The summed E-state index contributed by atoms with van der Waals surface area (Å²) >= 11 is 0. The van der Waals surface area contributed by atoms with Crippen LogP contribution >= 0.6 is 0 Å². The van der Waals surface area contributed by atoms with E-state index < -0.39 is 36.9 Å². The van der Waals surface area contributed by atoms with Gasteiger partial charge in [0.25, 0.3) is 5.91 Å². The molecule has 0 atom stereocenters. The Balaban J connectivity index is 2.82. The van der Waals surface area contributed by atoms with Crippen molar-refractivity contribution in [1.29, 1.82) is 0 Å². The third-order valence-corrected chi connectivity index (χ3v) is 3.26. The van der Waals surface area contributed by atoms with Gasteiger partial charge in [0.1, 0.15) is 5.54 Å². The molecule has 1 saturated heterocycles. The zero-order valence-corrected chi connectivity index (χ0v) is 9.86. The molecule has 1 rings (SSSR count). The summed E-state index contributed by atoms with van der Waals surface area (Å²) in [5.41, 5.74) is -2.52. The number of halogens is 5. The molecule has 0 aromatic heterocycles. The van der Waals surface area contributed by atoms with E-state index in [0.29, 0.717) is 6.54 Å². The van der Waals surface area contributed by atoms with Crippen LogP contribution < -0.4 is 5.32 Å². The molecule has 0 bridgehead atoms. The predicted octanol–water partition coefficient (Wildman–Crippen LogP) is 1.78. The lowest BCUT2D eigenvalue weighted by Gasteiger charge is -2.42. The van der Waals surface area contributed by atoms with Gasteiger partial charge >= 0.3 is 12.6 Å². The minimum atomic E-state index is -4.72. The summed E-state index contributed by atoms with van der Waals surface area (Å²) in [6.07, 6.45) is -8.96. The second-order valence-electron chi connectivity index (χ2n) is 4.30. The van der Waals surface area contributed by atoms with E-state index in [1.165, 1.54) is 5.32 Å². The van der Waals surface area contributed by atoms with Crippen LogP contribution in [0.15, 0.2) is 0 Å². The van der Waals surface area contributed by atoms with Crippen molar-refractivity contribution >= 4 is 5.91 Å². The van der Waals surface area contributed by atoms with Crippen LogP contribution in [0, 0.1) is 0 Å². The molecule has 18 heavy (non-hydrogen) atoms. The number of amides is 1. The number of hydrogen-bond acceptors (Lipinski definition) is 2.